The molecule has 0 spiro atoms. The van der Waals surface area contributed by atoms with Crippen LogP contribution in [0.15, 0.2) is 29.4 Å². The second kappa shape index (κ2) is 11.5. The van der Waals surface area contributed by atoms with Gasteiger partial charge in [0, 0.05) is 29.4 Å². The average Bonchev–Trinajstić information content (AvgIpc) is 3.36. The third-order valence-corrected chi connectivity index (χ3v) is 9.78. The molecule has 210 valence electrons. The molecule has 0 aliphatic carbocycles. The maximum atomic E-state index is 13.3. The number of nitrogens with zero attached hydrogens (tertiary/aromatic N) is 6. The molecule has 2 fully saturated rings. The van der Waals surface area contributed by atoms with Crippen molar-refractivity contribution in [1.82, 2.24) is 25.1 Å². The lowest BCUT2D eigenvalue weighted by Gasteiger charge is -2.56. The molecule has 2 unspecified atom stereocenters. The van der Waals surface area contributed by atoms with Crippen molar-refractivity contribution < 1.29 is 32.7 Å². The summed E-state index contributed by atoms with van der Waals surface area (Å²) < 4.78 is 23.8. The Hall–Kier alpha value is -3.26. The highest BCUT2D eigenvalue weighted by Gasteiger charge is 2.59. The van der Waals surface area contributed by atoms with Crippen molar-refractivity contribution in [3.05, 3.63) is 24.3 Å². The van der Waals surface area contributed by atoms with Crippen LogP contribution in [-0.4, -0.2) is 105 Å². The predicted octanol–water partition coefficient (Wildman–Crippen LogP) is -2.03. The van der Waals surface area contributed by atoms with Gasteiger partial charge in [-0.25, -0.2) is 18.2 Å². The fourth-order valence-corrected chi connectivity index (χ4v) is 7.45. The highest BCUT2D eigenvalue weighted by Crippen LogP contribution is 2.46. The number of carbonyl (C=O) groups is 4. The van der Waals surface area contributed by atoms with Gasteiger partial charge in [-0.2, -0.15) is 0 Å². The minimum absolute atomic E-state index is 0.00287. The van der Waals surface area contributed by atoms with E-state index in [4.69, 9.17) is 10.9 Å². The largest absolute Gasteiger partial charge is 0.481 e. The van der Waals surface area contributed by atoms with Crippen molar-refractivity contribution in [2.24, 2.45) is 16.3 Å². The Kier molecular flexibility index (Phi) is 8.45. The summed E-state index contributed by atoms with van der Waals surface area (Å²) in [6.07, 6.45) is 0.490. The number of carboxylic acid groups (broad SMARTS) is 1. The number of carboxylic acids is 1. The van der Waals surface area contributed by atoms with Crippen LogP contribution in [0.1, 0.15) is 0 Å². The van der Waals surface area contributed by atoms with Crippen LogP contribution in [0, 0.1) is 5.41 Å². The van der Waals surface area contributed by atoms with Crippen LogP contribution in [0.5, 0.6) is 0 Å². The van der Waals surface area contributed by atoms with E-state index >= 15 is 0 Å². The van der Waals surface area contributed by atoms with Gasteiger partial charge in [-0.3, -0.25) is 24.1 Å². The molecule has 2 aliphatic rings. The first-order chi connectivity index (χ1) is 18.5. The number of rotatable bonds is 12. The maximum Gasteiger partial charge on any atom is 0.313 e. The van der Waals surface area contributed by atoms with Crippen molar-refractivity contribution in [3.63, 3.8) is 0 Å². The number of β-lactam (4-membered cyclic amide) rings is 1. The van der Waals surface area contributed by atoms with E-state index in [1.165, 1.54) is 26.2 Å². The van der Waals surface area contributed by atoms with Crippen molar-refractivity contribution in [3.8, 4) is 0 Å². The summed E-state index contributed by atoms with van der Waals surface area (Å²) in [5.41, 5.74) is 5.06. The molecule has 0 bridgehead atoms. The number of tetrazole rings is 1. The van der Waals surface area contributed by atoms with Crippen molar-refractivity contribution in [1.29, 1.82) is 0 Å². The zero-order chi connectivity index (χ0) is 28.4. The number of nitrogens with one attached hydrogen (secondary N) is 1. The lowest BCUT2D eigenvalue weighted by atomic mass is 9.89. The van der Waals surface area contributed by atoms with Crippen LogP contribution in [0.4, 0.5) is 11.4 Å². The molecule has 16 nitrogen and oxygen atoms in total. The fraction of sp³-hybridized carbons (Fsp3) is 0.450. The van der Waals surface area contributed by atoms with E-state index in [1.807, 2.05) is 0 Å². The molecule has 3 heterocycles. The number of aliphatic carboxylic acids is 1. The predicted molar refractivity (Wildman–Crippen MR) is 141 cm³/mol. The van der Waals surface area contributed by atoms with Gasteiger partial charge >= 0.3 is 5.97 Å². The molecule has 6 N–H and O–H groups in total. The number of hydrogen-bond acceptors (Lipinski definition) is 12. The molecule has 2 aliphatic heterocycles. The lowest BCUT2D eigenvalue weighted by molar-refractivity contribution is -0.156. The minimum Gasteiger partial charge on any atom is -0.481 e. The molecule has 0 saturated carbocycles. The summed E-state index contributed by atoms with van der Waals surface area (Å²) in [6, 6.07) is 5.50. The van der Waals surface area contributed by atoms with Crippen LogP contribution in [-0.2, 0) is 35.7 Å². The highest BCUT2D eigenvalue weighted by molar-refractivity contribution is 8.00. The molecule has 3 atom stereocenters. The van der Waals surface area contributed by atoms with Gasteiger partial charge in [-0.05, 0) is 28.6 Å². The molecule has 3 amide bonds. The van der Waals surface area contributed by atoms with Gasteiger partial charge in [0.15, 0.2) is 0 Å². The second-order valence-electron chi connectivity index (χ2n) is 8.82. The summed E-state index contributed by atoms with van der Waals surface area (Å²) >= 11 is 2.26. The summed E-state index contributed by atoms with van der Waals surface area (Å²) in [5.74, 6) is -2.34. The molecule has 0 radical (unpaired) electrons. The summed E-state index contributed by atoms with van der Waals surface area (Å²) in [7, 11) is -3.76. The van der Waals surface area contributed by atoms with Gasteiger partial charge in [0.1, 0.15) is 16.8 Å². The van der Waals surface area contributed by atoms with Crippen LogP contribution in [0.2, 0.25) is 0 Å². The minimum atomic E-state index is -3.76. The number of aromatic nitrogens is 4. The van der Waals surface area contributed by atoms with Crippen molar-refractivity contribution in [2.45, 2.75) is 23.1 Å². The quantitative estimate of drug-likeness (QED) is 0.117. The fourth-order valence-electron chi connectivity index (χ4n) is 4.22. The SMILES string of the molecule is NCC(=O)N(c1cccc(NC=O)c1)C1C(=O)N2CC(CSc3nnnn3CCS(N)(=O)=O)(C(=O)O)CS[C@H]12. The van der Waals surface area contributed by atoms with Gasteiger partial charge in [0.05, 0.1) is 18.8 Å². The molecule has 39 heavy (non-hydrogen) atoms. The highest BCUT2D eigenvalue weighted by atomic mass is 32.2. The zero-order valence-electron chi connectivity index (χ0n) is 20.2. The van der Waals surface area contributed by atoms with Gasteiger partial charge < -0.3 is 21.1 Å². The topological polar surface area (TPSA) is 237 Å². The summed E-state index contributed by atoms with van der Waals surface area (Å²) in [6.45, 7) is -0.577. The van der Waals surface area contributed by atoms with Crippen LogP contribution < -0.4 is 21.1 Å². The van der Waals surface area contributed by atoms with E-state index in [-0.39, 0.29) is 36.3 Å². The molecule has 4 rings (SSSR count). The van der Waals surface area contributed by atoms with Crippen molar-refractivity contribution in [2.75, 3.05) is 40.6 Å². The molecule has 19 heteroatoms. The maximum absolute atomic E-state index is 13.3. The van der Waals surface area contributed by atoms with Gasteiger partial charge in [-0.15, -0.1) is 16.9 Å². The molecule has 2 aromatic rings. The number of primary sulfonamides is 1. The monoisotopic (exact) mass is 599 g/mol. The van der Waals surface area contributed by atoms with E-state index in [0.717, 1.165) is 11.8 Å². The number of benzene rings is 1. The average molecular weight is 600 g/mol. The van der Waals surface area contributed by atoms with Crippen molar-refractivity contribution >= 4 is 69.1 Å². The Morgan fingerprint density at radius 2 is 2.15 bits per heavy atom. The molecular formula is C20H25N9O7S3. The van der Waals surface area contributed by atoms with E-state index in [2.05, 4.69) is 20.8 Å². The van der Waals surface area contributed by atoms with Gasteiger partial charge in [0.25, 0.3) is 0 Å². The number of thioether (sulfide) groups is 2. The van der Waals surface area contributed by atoms with Gasteiger partial charge in [-0.1, -0.05) is 17.8 Å². The smallest absolute Gasteiger partial charge is 0.313 e. The Morgan fingerprint density at radius 3 is 2.82 bits per heavy atom. The number of sulfonamides is 1. The first-order valence-corrected chi connectivity index (χ1v) is 15.1. The summed E-state index contributed by atoms with van der Waals surface area (Å²) in [4.78, 5) is 52.1. The Labute approximate surface area is 230 Å². The summed E-state index contributed by atoms with van der Waals surface area (Å²) in [5, 5.41) is 28.5. The molecule has 1 aromatic carbocycles. The number of anilines is 2. The lowest BCUT2D eigenvalue weighted by Crippen LogP contribution is -2.75. The third kappa shape index (κ3) is 6.01. The third-order valence-electron chi connectivity index (χ3n) is 6.21. The van der Waals surface area contributed by atoms with Crippen LogP contribution in [0.25, 0.3) is 0 Å². The normalized spacial score (nSPS) is 22.5. The molecule has 2 saturated heterocycles. The Morgan fingerprint density at radius 1 is 1.38 bits per heavy atom. The number of amides is 3. The number of fused-ring (bicyclic) bond motifs is 1. The first kappa shape index (κ1) is 28.7. The Bertz CT molecular complexity index is 1390. The van der Waals surface area contributed by atoms with E-state index in [9.17, 15) is 32.7 Å². The number of carbonyl (C=O) groups excluding carboxylic acids is 3. The number of hydrogen-bond donors (Lipinski definition) is 4. The zero-order valence-corrected chi connectivity index (χ0v) is 22.7. The van der Waals surface area contributed by atoms with Crippen LogP contribution in [0.3, 0.4) is 0 Å². The number of nitrogens with two attached hydrogens (primary N) is 2. The first-order valence-electron chi connectivity index (χ1n) is 11.4. The van der Waals surface area contributed by atoms with E-state index in [0.29, 0.717) is 17.8 Å². The molecular weight excluding hydrogens is 574 g/mol. The number of aryl methyl sites for hydroxylation is 1. The van der Waals surface area contributed by atoms with E-state index < -0.39 is 50.4 Å². The second-order valence-corrected chi connectivity index (χ2v) is 12.6. The standard InChI is InChI=1S/C20H25N9O7S3/c21-7-14(31)29(13-3-1-2-12(6-13)23-11-30)15-16(32)27-8-20(18(33)34,9-37-17(15)27)10-38-19-24-25-26-28(19)4-5-39(22,35)36/h1-3,6,11,15,17H,4-5,7-10,21H2,(H,23,30)(H,33,34)(H2,22,35,36)/t15?,17-,20?/m1/s1. The van der Waals surface area contributed by atoms with Gasteiger partial charge in [0.2, 0.25) is 33.4 Å². The molecule has 1 aromatic heterocycles. The van der Waals surface area contributed by atoms with Crippen LogP contribution >= 0.6 is 23.5 Å². The Balaban J connectivity index is 1.50. The van der Waals surface area contributed by atoms with E-state index in [1.54, 1.807) is 24.3 Å².